The number of rotatable bonds is 15. The van der Waals surface area contributed by atoms with Crippen molar-refractivity contribution >= 4 is 88.5 Å². The number of hydrogen-bond donors (Lipinski definition) is 0. The summed E-state index contributed by atoms with van der Waals surface area (Å²) in [6.45, 7) is 9.46. The van der Waals surface area contributed by atoms with Gasteiger partial charge in [-0.2, -0.15) is 0 Å². The number of para-hydroxylation sites is 2. The smallest absolute Gasteiger partial charge is 0.0541 e. The van der Waals surface area contributed by atoms with Gasteiger partial charge >= 0.3 is 0 Å². The van der Waals surface area contributed by atoms with Crippen molar-refractivity contribution in [3.63, 3.8) is 0 Å². The topological polar surface area (TPSA) is 16.3 Å². The molecule has 0 spiro atoms. The standard InChI is InChI=1S/C118H84N4/c1-117(2)108-37-14-10-33-100(108)102-66-64-97(75-110(102)117)119(95-30-19-28-88(71-95)79-42-46-81(47-43-79)90-56-68-115-106(73-90)104-35-12-16-39-113(104)121(115)93-60-50-78(51-61-93)77-22-6-5-7-23-77)92-58-52-83(53-59-92)86-26-18-27-87(70-86)84-54-62-94(63-55-84)122-114-40-17-13-36-105(114)107-74-91(57-69-116(107)122)82-48-44-80(45-49-82)89-29-20-31-96(72-89)120(112-41-21-25-85-24-8-9-32-99(85)112)98-65-67-103-101-34-11-15-38-109(101)118(3,4)111(103)76-98/h5-76H,1-4H3. The summed E-state index contributed by atoms with van der Waals surface area (Å²) >= 11 is 0. The van der Waals surface area contributed by atoms with Crippen LogP contribution in [0.25, 0.3) is 166 Å². The molecule has 0 amide bonds. The molecule has 0 radical (unpaired) electrons. The lowest BCUT2D eigenvalue weighted by molar-refractivity contribution is 0.660. The molecule has 0 unspecified atom stereocenters. The zero-order chi connectivity index (χ0) is 81.3. The Morgan fingerprint density at radius 1 is 0.180 bits per heavy atom. The van der Waals surface area contributed by atoms with Crippen LogP contribution >= 0.6 is 0 Å². The Labute approximate surface area is 711 Å². The summed E-state index contributed by atoms with van der Waals surface area (Å²) in [6.07, 6.45) is 0. The second-order valence-corrected chi connectivity index (χ2v) is 34.0. The lowest BCUT2D eigenvalue weighted by Gasteiger charge is -2.29. The molecule has 23 rings (SSSR count). The van der Waals surface area contributed by atoms with Crippen molar-refractivity contribution in [3.05, 3.63) is 459 Å². The fraction of sp³-hybridized carbons (Fsp3) is 0.0508. The number of hydrogen-bond acceptors (Lipinski definition) is 2. The van der Waals surface area contributed by atoms with E-state index in [0.717, 1.165) is 90.0 Å². The van der Waals surface area contributed by atoms with Crippen LogP contribution in [0.4, 0.5) is 34.1 Å². The normalized spacial score (nSPS) is 12.9. The lowest BCUT2D eigenvalue weighted by atomic mass is 9.82. The molecule has 122 heavy (non-hydrogen) atoms. The van der Waals surface area contributed by atoms with Crippen LogP contribution < -0.4 is 9.80 Å². The summed E-state index contributed by atoms with van der Waals surface area (Å²) in [5, 5.41) is 7.34. The molecule has 4 heteroatoms. The van der Waals surface area contributed by atoms with E-state index in [1.807, 2.05) is 0 Å². The van der Waals surface area contributed by atoms with Gasteiger partial charge in [0.25, 0.3) is 0 Å². The van der Waals surface area contributed by atoms with Crippen LogP contribution in [-0.2, 0) is 10.8 Å². The first kappa shape index (κ1) is 71.9. The fourth-order valence-corrected chi connectivity index (χ4v) is 20.1. The zero-order valence-electron chi connectivity index (χ0n) is 68.4. The molecule has 0 fully saturated rings. The van der Waals surface area contributed by atoms with Gasteiger partial charge < -0.3 is 18.9 Å². The second-order valence-electron chi connectivity index (χ2n) is 34.0. The molecule has 0 atom stereocenters. The Morgan fingerprint density at radius 3 is 0.992 bits per heavy atom. The molecule has 2 aliphatic rings. The highest BCUT2D eigenvalue weighted by atomic mass is 15.1. The van der Waals surface area contributed by atoms with Gasteiger partial charge in [-0.1, -0.05) is 331 Å². The van der Waals surface area contributed by atoms with Gasteiger partial charge in [0, 0.05) is 77.6 Å². The van der Waals surface area contributed by atoms with E-state index in [9.17, 15) is 0 Å². The van der Waals surface area contributed by atoms with Gasteiger partial charge in [-0.05, 0) is 261 Å². The van der Waals surface area contributed by atoms with Crippen LogP contribution in [-0.4, -0.2) is 9.13 Å². The van der Waals surface area contributed by atoms with E-state index in [2.05, 4.69) is 483 Å². The molecule has 0 saturated carbocycles. The van der Waals surface area contributed by atoms with E-state index in [1.54, 1.807) is 0 Å². The maximum absolute atomic E-state index is 2.46. The monoisotopic (exact) mass is 1560 g/mol. The Kier molecular flexibility index (Phi) is 16.9. The molecular weight excluding hydrogens is 1470 g/mol. The minimum Gasteiger partial charge on any atom is -0.310 e. The molecule has 2 aliphatic carbocycles. The Morgan fingerprint density at radius 2 is 0.492 bits per heavy atom. The van der Waals surface area contributed by atoms with Gasteiger partial charge in [0.15, 0.2) is 0 Å². The molecule has 576 valence electrons. The molecule has 19 aromatic carbocycles. The largest absolute Gasteiger partial charge is 0.310 e. The molecule has 21 aromatic rings. The number of nitrogens with zero attached hydrogens (tertiary/aromatic N) is 4. The fourth-order valence-electron chi connectivity index (χ4n) is 20.1. The third kappa shape index (κ3) is 12.0. The minimum absolute atomic E-state index is 0.134. The third-order valence-corrected chi connectivity index (χ3v) is 26.3. The van der Waals surface area contributed by atoms with Crippen molar-refractivity contribution in [1.82, 2.24) is 9.13 Å². The Balaban J connectivity index is 0.519. The highest BCUT2D eigenvalue weighted by molar-refractivity contribution is 6.12. The van der Waals surface area contributed by atoms with Crippen molar-refractivity contribution in [3.8, 4) is 112 Å². The van der Waals surface area contributed by atoms with Crippen LogP contribution in [0.15, 0.2) is 437 Å². The molecule has 0 aliphatic heterocycles. The van der Waals surface area contributed by atoms with E-state index >= 15 is 0 Å². The van der Waals surface area contributed by atoms with Crippen molar-refractivity contribution < 1.29 is 0 Å². The summed E-state index contributed by atoms with van der Waals surface area (Å²) in [4.78, 5) is 4.89. The van der Waals surface area contributed by atoms with E-state index < -0.39 is 0 Å². The second kappa shape index (κ2) is 28.7. The van der Waals surface area contributed by atoms with Crippen molar-refractivity contribution in [2.24, 2.45) is 0 Å². The predicted octanol–water partition coefficient (Wildman–Crippen LogP) is 32.3. The van der Waals surface area contributed by atoms with Gasteiger partial charge in [-0.25, -0.2) is 0 Å². The van der Waals surface area contributed by atoms with Gasteiger partial charge in [-0.15, -0.1) is 0 Å². The Hall–Kier alpha value is -15.4. The summed E-state index contributed by atoms with van der Waals surface area (Å²) in [6, 6.07) is 162. The van der Waals surface area contributed by atoms with E-state index in [1.165, 1.54) is 132 Å². The number of benzene rings is 19. The highest BCUT2D eigenvalue weighted by Crippen LogP contribution is 2.54. The predicted molar refractivity (Wildman–Crippen MR) is 515 cm³/mol. The molecule has 0 bridgehead atoms. The number of anilines is 6. The van der Waals surface area contributed by atoms with E-state index in [4.69, 9.17) is 0 Å². The molecule has 0 saturated heterocycles. The van der Waals surface area contributed by atoms with Crippen molar-refractivity contribution in [2.75, 3.05) is 9.80 Å². The average Bonchev–Trinajstić information content (AvgIpc) is 1.58. The summed E-state index contributed by atoms with van der Waals surface area (Å²) in [5.41, 5.74) is 40.5. The van der Waals surface area contributed by atoms with Crippen LogP contribution in [0.1, 0.15) is 49.9 Å². The lowest BCUT2D eigenvalue weighted by Crippen LogP contribution is -2.16. The molecule has 4 nitrogen and oxygen atoms in total. The zero-order valence-corrected chi connectivity index (χ0v) is 68.4. The van der Waals surface area contributed by atoms with Gasteiger partial charge in [0.1, 0.15) is 0 Å². The molecule has 2 heterocycles. The third-order valence-electron chi connectivity index (χ3n) is 26.3. The van der Waals surface area contributed by atoms with Gasteiger partial charge in [0.2, 0.25) is 0 Å². The number of aromatic nitrogens is 2. The first-order chi connectivity index (χ1) is 60.0. The summed E-state index contributed by atoms with van der Waals surface area (Å²) < 4.78 is 4.82. The van der Waals surface area contributed by atoms with Crippen molar-refractivity contribution in [1.29, 1.82) is 0 Å². The van der Waals surface area contributed by atoms with E-state index in [0.29, 0.717) is 0 Å². The summed E-state index contributed by atoms with van der Waals surface area (Å²) in [7, 11) is 0. The Bertz CT molecular complexity index is 7710. The average molecular weight is 1560 g/mol. The molecule has 0 N–H and O–H groups in total. The van der Waals surface area contributed by atoms with Crippen molar-refractivity contribution in [2.45, 2.75) is 38.5 Å². The van der Waals surface area contributed by atoms with Crippen LogP contribution in [0.5, 0.6) is 0 Å². The SMILES string of the molecule is CC1(C)c2ccccc2-c2ccc(N(c3ccc(-c4cccc(-c5ccc(-n6c7ccccc7c7cc(-c8ccc(-c9cccc(N(c%10ccc%11c(c%10)C(C)(C)c%10ccccc%10-%11)c%10cccc%11ccccc%10%11)c9)cc8)ccc76)cc5)c4)cc3)c3cccc(-c4ccc(-c5ccc6c(c5)c5ccccc5n6-c5ccc(-c6ccccc6)cc5)cc4)c3)cc21. The first-order valence-corrected chi connectivity index (χ1v) is 42.5. The maximum Gasteiger partial charge on any atom is 0.0541 e. The minimum atomic E-state index is -0.171. The summed E-state index contributed by atoms with van der Waals surface area (Å²) in [5.74, 6) is 0. The van der Waals surface area contributed by atoms with Crippen LogP contribution in [0, 0.1) is 0 Å². The molecule has 2 aromatic heterocycles. The quantitative estimate of drug-likeness (QED) is 0.102. The van der Waals surface area contributed by atoms with Crippen LogP contribution in [0.2, 0.25) is 0 Å². The van der Waals surface area contributed by atoms with E-state index in [-0.39, 0.29) is 10.8 Å². The first-order valence-electron chi connectivity index (χ1n) is 42.5. The highest BCUT2D eigenvalue weighted by Gasteiger charge is 2.38. The molecular formula is C118H84N4. The van der Waals surface area contributed by atoms with Crippen LogP contribution in [0.3, 0.4) is 0 Å². The van der Waals surface area contributed by atoms with Gasteiger partial charge in [-0.3, -0.25) is 0 Å². The number of fused-ring (bicyclic) bond motifs is 13. The maximum atomic E-state index is 2.46. The van der Waals surface area contributed by atoms with Gasteiger partial charge in [0.05, 0.1) is 27.8 Å².